The normalized spacial score (nSPS) is 11.1. The van der Waals surface area contributed by atoms with Gasteiger partial charge >= 0.3 is 6.03 Å². The van der Waals surface area contributed by atoms with Crippen molar-refractivity contribution >= 4 is 11.7 Å². The number of hydrogen-bond donors (Lipinski definition) is 3. The van der Waals surface area contributed by atoms with Crippen molar-refractivity contribution in [1.82, 2.24) is 5.32 Å². The maximum atomic E-state index is 13.0. The molecule has 0 radical (unpaired) electrons. The largest absolute Gasteiger partial charge is 0.494 e. The Kier molecular flexibility index (Phi) is 5.76. The van der Waals surface area contributed by atoms with Gasteiger partial charge in [0.15, 0.2) is 0 Å². The van der Waals surface area contributed by atoms with Crippen LogP contribution in [0.15, 0.2) is 18.2 Å². The van der Waals surface area contributed by atoms with Gasteiger partial charge in [0.05, 0.1) is 12.8 Å². The SMILES string of the molecule is COc1cc(F)ccc1NC(=O)NCC(C)(C)CCO. The zero-order valence-electron chi connectivity index (χ0n) is 12.0. The molecule has 112 valence electrons. The zero-order chi connectivity index (χ0) is 15.2. The number of ether oxygens (including phenoxy) is 1. The monoisotopic (exact) mass is 284 g/mol. The molecule has 5 nitrogen and oxygen atoms in total. The number of methoxy groups -OCH3 is 1. The van der Waals surface area contributed by atoms with Gasteiger partial charge in [-0.05, 0) is 24.0 Å². The molecule has 0 saturated carbocycles. The molecule has 1 rings (SSSR count). The lowest BCUT2D eigenvalue weighted by molar-refractivity contribution is 0.204. The van der Waals surface area contributed by atoms with Crippen molar-refractivity contribution in [3.05, 3.63) is 24.0 Å². The molecule has 0 unspecified atom stereocenters. The number of rotatable bonds is 6. The minimum Gasteiger partial charge on any atom is -0.494 e. The molecule has 3 N–H and O–H groups in total. The van der Waals surface area contributed by atoms with Crippen LogP contribution in [0.2, 0.25) is 0 Å². The van der Waals surface area contributed by atoms with Gasteiger partial charge in [-0.15, -0.1) is 0 Å². The van der Waals surface area contributed by atoms with Crippen molar-refractivity contribution in [2.24, 2.45) is 5.41 Å². The molecule has 0 aliphatic rings. The first kappa shape index (κ1) is 16.2. The summed E-state index contributed by atoms with van der Waals surface area (Å²) < 4.78 is 18.0. The summed E-state index contributed by atoms with van der Waals surface area (Å²) in [4.78, 5) is 11.8. The van der Waals surface area contributed by atoms with Crippen LogP contribution in [0.1, 0.15) is 20.3 Å². The summed E-state index contributed by atoms with van der Waals surface area (Å²) in [5, 5.41) is 14.2. The summed E-state index contributed by atoms with van der Waals surface area (Å²) >= 11 is 0. The fraction of sp³-hybridized carbons (Fsp3) is 0.500. The highest BCUT2D eigenvalue weighted by Crippen LogP contribution is 2.25. The average molecular weight is 284 g/mol. The smallest absolute Gasteiger partial charge is 0.319 e. The number of anilines is 1. The quantitative estimate of drug-likeness (QED) is 0.751. The molecule has 0 fully saturated rings. The Balaban J connectivity index is 2.59. The predicted molar refractivity (Wildman–Crippen MR) is 75.5 cm³/mol. The highest BCUT2D eigenvalue weighted by molar-refractivity contribution is 5.90. The van der Waals surface area contributed by atoms with Crippen LogP contribution in [0.25, 0.3) is 0 Å². The van der Waals surface area contributed by atoms with Crippen LogP contribution in [0.5, 0.6) is 5.75 Å². The number of aliphatic hydroxyl groups is 1. The molecule has 0 aromatic heterocycles. The number of carbonyl (C=O) groups excluding carboxylic acids is 1. The van der Waals surface area contributed by atoms with Gasteiger partial charge in [-0.3, -0.25) is 0 Å². The van der Waals surface area contributed by atoms with Crippen LogP contribution < -0.4 is 15.4 Å². The van der Waals surface area contributed by atoms with Crippen molar-refractivity contribution < 1.29 is 19.0 Å². The van der Waals surface area contributed by atoms with Gasteiger partial charge in [0.2, 0.25) is 0 Å². The molecule has 0 aliphatic heterocycles. The molecular weight excluding hydrogens is 263 g/mol. The molecule has 0 saturated heterocycles. The van der Waals surface area contributed by atoms with Crippen LogP contribution in [-0.2, 0) is 0 Å². The van der Waals surface area contributed by atoms with Crippen molar-refractivity contribution in [1.29, 1.82) is 0 Å². The van der Waals surface area contributed by atoms with Crippen molar-refractivity contribution in [3.8, 4) is 5.75 Å². The molecule has 0 heterocycles. The molecule has 20 heavy (non-hydrogen) atoms. The fourth-order valence-corrected chi connectivity index (χ4v) is 1.65. The Bertz CT molecular complexity index is 464. The lowest BCUT2D eigenvalue weighted by Crippen LogP contribution is -2.37. The average Bonchev–Trinajstić information content (AvgIpc) is 2.38. The van der Waals surface area contributed by atoms with Gasteiger partial charge in [0.25, 0.3) is 0 Å². The number of urea groups is 1. The van der Waals surface area contributed by atoms with E-state index in [9.17, 15) is 9.18 Å². The first-order chi connectivity index (χ1) is 9.38. The lowest BCUT2D eigenvalue weighted by atomic mass is 9.90. The molecule has 0 aliphatic carbocycles. The van der Waals surface area contributed by atoms with Gasteiger partial charge in [-0.1, -0.05) is 13.8 Å². The first-order valence-corrected chi connectivity index (χ1v) is 6.37. The standard InChI is InChI=1S/C14H21FN2O3/c1-14(2,6-7-18)9-16-13(19)17-11-5-4-10(15)8-12(11)20-3/h4-5,8,18H,6-7,9H2,1-3H3,(H2,16,17,19). The second-order valence-electron chi connectivity index (χ2n) is 5.29. The summed E-state index contributed by atoms with van der Waals surface area (Å²) in [5.41, 5.74) is 0.199. The Morgan fingerprint density at radius 2 is 2.15 bits per heavy atom. The van der Waals surface area contributed by atoms with Crippen LogP contribution >= 0.6 is 0 Å². The van der Waals surface area contributed by atoms with E-state index in [-0.39, 0.29) is 17.8 Å². The number of hydrogen-bond acceptors (Lipinski definition) is 3. The molecule has 6 heteroatoms. The maximum Gasteiger partial charge on any atom is 0.319 e. The van der Waals surface area contributed by atoms with E-state index in [4.69, 9.17) is 9.84 Å². The van der Waals surface area contributed by atoms with Gasteiger partial charge in [-0.2, -0.15) is 0 Å². The van der Waals surface area contributed by atoms with E-state index in [2.05, 4.69) is 10.6 Å². The number of halogens is 1. The van der Waals surface area contributed by atoms with E-state index in [0.717, 1.165) is 0 Å². The van der Waals surface area contributed by atoms with E-state index in [1.54, 1.807) is 0 Å². The number of carbonyl (C=O) groups is 1. The van der Waals surface area contributed by atoms with Gasteiger partial charge in [0.1, 0.15) is 11.6 Å². The van der Waals surface area contributed by atoms with E-state index < -0.39 is 11.8 Å². The van der Waals surface area contributed by atoms with Crippen LogP contribution in [0, 0.1) is 11.2 Å². The third-order valence-electron chi connectivity index (χ3n) is 2.93. The maximum absolute atomic E-state index is 13.0. The van der Waals surface area contributed by atoms with Gasteiger partial charge in [-0.25, -0.2) is 9.18 Å². The molecule has 2 amide bonds. The minimum absolute atomic E-state index is 0.0715. The van der Waals surface area contributed by atoms with Crippen LogP contribution in [0.3, 0.4) is 0 Å². The molecule has 0 atom stereocenters. The predicted octanol–water partition coefficient (Wildman–Crippen LogP) is 2.36. The second-order valence-corrected chi connectivity index (χ2v) is 5.29. The Morgan fingerprint density at radius 1 is 1.45 bits per heavy atom. The lowest BCUT2D eigenvalue weighted by Gasteiger charge is -2.24. The third kappa shape index (κ3) is 5.05. The first-order valence-electron chi connectivity index (χ1n) is 6.37. The molecule has 0 spiro atoms. The molecular formula is C14H21FN2O3. The summed E-state index contributed by atoms with van der Waals surface area (Å²) in [6, 6.07) is 3.48. The van der Waals surface area contributed by atoms with Crippen molar-refractivity contribution in [2.75, 3.05) is 25.6 Å². The summed E-state index contributed by atoms with van der Waals surface area (Å²) in [7, 11) is 1.40. The Hall–Kier alpha value is -1.82. The fourth-order valence-electron chi connectivity index (χ4n) is 1.65. The van der Waals surface area contributed by atoms with Gasteiger partial charge in [0, 0.05) is 19.2 Å². The van der Waals surface area contributed by atoms with Crippen molar-refractivity contribution in [3.63, 3.8) is 0 Å². The molecule has 1 aromatic rings. The highest BCUT2D eigenvalue weighted by atomic mass is 19.1. The third-order valence-corrected chi connectivity index (χ3v) is 2.93. The summed E-state index contributed by atoms with van der Waals surface area (Å²) in [5.74, 6) is -0.174. The van der Waals surface area contributed by atoms with E-state index in [1.807, 2.05) is 13.8 Å². The number of nitrogens with one attached hydrogen (secondary N) is 2. The van der Waals surface area contributed by atoms with E-state index in [1.165, 1.54) is 25.3 Å². The second kappa shape index (κ2) is 7.09. The Labute approximate surface area is 118 Å². The van der Waals surface area contributed by atoms with E-state index >= 15 is 0 Å². The molecule has 0 bridgehead atoms. The van der Waals surface area contributed by atoms with Crippen LogP contribution in [0.4, 0.5) is 14.9 Å². The number of aliphatic hydroxyl groups excluding tert-OH is 1. The summed E-state index contributed by atoms with van der Waals surface area (Å²) in [6.07, 6.45) is 0.590. The highest BCUT2D eigenvalue weighted by Gasteiger charge is 2.18. The van der Waals surface area contributed by atoms with E-state index in [0.29, 0.717) is 18.7 Å². The van der Waals surface area contributed by atoms with Crippen molar-refractivity contribution in [2.45, 2.75) is 20.3 Å². The molecule has 1 aromatic carbocycles. The number of amides is 2. The van der Waals surface area contributed by atoms with Gasteiger partial charge < -0.3 is 20.5 Å². The summed E-state index contributed by atoms with van der Waals surface area (Å²) in [6.45, 7) is 4.38. The number of benzene rings is 1. The minimum atomic E-state index is -0.433. The zero-order valence-corrected chi connectivity index (χ0v) is 12.0. The topological polar surface area (TPSA) is 70.6 Å². The van der Waals surface area contributed by atoms with Crippen LogP contribution in [-0.4, -0.2) is 31.4 Å². The Morgan fingerprint density at radius 3 is 2.75 bits per heavy atom.